The van der Waals surface area contributed by atoms with Crippen molar-refractivity contribution in [3.05, 3.63) is 108 Å². The number of aryl methyl sites for hydroxylation is 1. The molecule has 0 bridgehead atoms. The van der Waals surface area contributed by atoms with Crippen LogP contribution < -0.4 is 27.3 Å². The number of rotatable bonds is 5. The van der Waals surface area contributed by atoms with Gasteiger partial charge in [0.15, 0.2) is 0 Å². The van der Waals surface area contributed by atoms with Crippen LogP contribution in [0.5, 0.6) is 0 Å². The predicted molar refractivity (Wildman–Crippen MR) is 136 cm³/mol. The van der Waals surface area contributed by atoms with Crippen LogP contribution in [0, 0.1) is 18.3 Å². The van der Waals surface area contributed by atoms with Crippen molar-refractivity contribution in [3.8, 4) is 11.8 Å². The molecule has 5 rings (SSSR count). The normalized spacial score (nSPS) is 13.9. The summed E-state index contributed by atoms with van der Waals surface area (Å²) in [5.41, 5.74) is 1.35. The van der Waals surface area contributed by atoms with E-state index in [4.69, 9.17) is 11.6 Å². The van der Waals surface area contributed by atoms with Gasteiger partial charge in [0.25, 0.3) is 0 Å². The molecular weight excluding hydrogens is 478 g/mol. The third-order valence-electron chi connectivity index (χ3n) is 5.71. The zero-order valence-corrected chi connectivity index (χ0v) is 20.2. The average molecular weight is 498 g/mol. The van der Waals surface area contributed by atoms with Gasteiger partial charge in [0.1, 0.15) is 0 Å². The van der Waals surface area contributed by atoms with E-state index in [2.05, 4.69) is 26.3 Å². The highest BCUT2D eigenvalue weighted by Crippen LogP contribution is 2.22. The SMILES string of the molecule is Cc1cncc(-n2c(=O)nc(Nc3cc4c(cc3Cl)=NC(C)C=4)n(Cc3cccc(C#N)c3)c2=O)c1. The van der Waals surface area contributed by atoms with Gasteiger partial charge < -0.3 is 5.32 Å². The Kier molecular flexibility index (Phi) is 5.96. The minimum atomic E-state index is -0.760. The van der Waals surface area contributed by atoms with E-state index in [0.717, 1.165) is 20.7 Å². The summed E-state index contributed by atoms with van der Waals surface area (Å²) in [7, 11) is 0. The Bertz CT molecular complexity index is 1800. The molecule has 178 valence electrons. The first-order valence-electron chi connectivity index (χ1n) is 11.1. The summed E-state index contributed by atoms with van der Waals surface area (Å²) >= 11 is 6.50. The highest BCUT2D eigenvalue weighted by molar-refractivity contribution is 6.33. The van der Waals surface area contributed by atoms with Crippen LogP contribution in [-0.2, 0) is 6.54 Å². The largest absolute Gasteiger partial charge is 0.359 e. The summed E-state index contributed by atoms with van der Waals surface area (Å²) in [6.45, 7) is 3.84. The Labute approximate surface area is 210 Å². The van der Waals surface area contributed by atoms with Gasteiger partial charge >= 0.3 is 11.4 Å². The van der Waals surface area contributed by atoms with Gasteiger partial charge in [0.05, 0.1) is 52.2 Å². The first kappa shape index (κ1) is 23.2. The Morgan fingerprint density at radius 3 is 2.78 bits per heavy atom. The van der Waals surface area contributed by atoms with Gasteiger partial charge in [-0.1, -0.05) is 29.8 Å². The van der Waals surface area contributed by atoms with E-state index in [1.807, 2.05) is 26.0 Å². The van der Waals surface area contributed by atoms with Crippen LogP contribution in [0.4, 0.5) is 11.6 Å². The summed E-state index contributed by atoms with van der Waals surface area (Å²) in [6, 6.07) is 14.2. The highest BCUT2D eigenvalue weighted by Gasteiger charge is 2.17. The first-order chi connectivity index (χ1) is 17.3. The second-order valence-corrected chi connectivity index (χ2v) is 8.91. The van der Waals surface area contributed by atoms with E-state index in [9.17, 15) is 14.9 Å². The molecule has 0 aliphatic carbocycles. The molecular formula is C26H20ClN7O2. The zero-order valence-electron chi connectivity index (χ0n) is 19.4. The molecule has 0 radical (unpaired) electrons. The minimum Gasteiger partial charge on any atom is -0.324 e. The molecule has 0 amide bonds. The molecule has 10 heteroatoms. The average Bonchev–Trinajstić information content (AvgIpc) is 3.20. The van der Waals surface area contributed by atoms with Crippen molar-refractivity contribution in [2.24, 2.45) is 4.99 Å². The molecule has 1 N–H and O–H groups in total. The van der Waals surface area contributed by atoms with Gasteiger partial charge in [-0.25, -0.2) is 14.2 Å². The molecule has 0 spiro atoms. The van der Waals surface area contributed by atoms with E-state index < -0.39 is 11.4 Å². The van der Waals surface area contributed by atoms with Gasteiger partial charge in [-0.05, 0) is 60.5 Å². The van der Waals surface area contributed by atoms with Gasteiger partial charge in [-0.3, -0.25) is 14.5 Å². The molecule has 0 saturated carbocycles. The van der Waals surface area contributed by atoms with Crippen LogP contribution in [-0.4, -0.2) is 25.1 Å². The van der Waals surface area contributed by atoms with Crippen LogP contribution in [0.3, 0.4) is 0 Å². The molecule has 3 heterocycles. The van der Waals surface area contributed by atoms with Crippen molar-refractivity contribution in [2.45, 2.75) is 26.4 Å². The lowest BCUT2D eigenvalue weighted by atomic mass is 10.1. The fraction of sp³-hybridized carbons (Fsp3) is 0.154. The third-order valence-corrected chi connectivity index (χ3v) is 6.03. The second kappa shape index (κ2) is 9.24. The highest BCUT2D eigenvalue weighted by atomic mass is 35.5. The van der Waals surface area contributed by atoms with Gasteiger partial charge in [0.2, 0.25) is 5.95 Å². The van der Waals surface area contributed by atoms with Crippen molar-refractivity contribution in [1.82, 2.24) is 19.1 Å². The van der Waals surface area contributed by atoms with Crippen LogP contribution >= 0.6 is 11.6 Å². The number of pyridine rings is 1. The van der Waals surface area contributed by atoms with Gasteiger partial charge in [-0.2, -0.15) is 10.2 Å². The zero-order chi connectivity index (χ0) is 25.4. The number of hydrogen-bond acceptors (Lipinski definition) is 7. The third kappa shape index (κ3) is 4.42. The number of aromatic nitrogens is 4. The molecule has 1 unspecified atom stereocenters. The number of halogens is 1. The number of benzene rings is 2. The smallest absolute Gasteiger partial charge is 0.324 e. The summed E-state index contributed by atoms with van der Waals surface area (Å²) in [4.78, 5) is 39.6. The standard InChI is InChI=1S/C26H20ClN7O2/c1-15-6-20(13-29-12-15)34-25(35)32-24(31-23-9-19-7-16(2)30-22(19)10-21(23)27)33(26(34)36)14-18-5-3-4-17(8-18)11-28/h3-10,12-13,16H,14H2,1-2H3,(H,31,32,35). The molecule has 0 fully saturated rings. The summed E-state index contributed by atoms with van der Waals surface area (Å²) in [6.07, 6.45) is 5.06. The number of nitriles is 1. The molecule has 4 aromatic rings. The Balaban J connectivity index is 1.68. The van der Waals surface area contributed by atoms with Crippen molar-refractivity contribution >= 4 is 29.3 Å². The monoisotopic (exact) mass is 497 g/mol. The Hall–Kier alpha value is -4.55. The summed E-state index contributed by atoms with van der Waals surface area (Å²) in [5.74, 6) is 0.0223. The van der Waals surface area contributed by atoms with Crippen molar-refractivity contribution in [3.63, 3.8) is 0 Å². The molecule has 9 nitrogen and oxygen atoms in total. The quantitative estimate of drug-likeness (QED) is 0.451. The van der Waals surface area contributed by atoms with Crippen LogP contribution in [0.15, 0.2) is 69.4 Å². The number of fused-ring (bicyclic) bond motifs is 1. The predicted octanol–water partition coefficient (Wildman–Crippen LogP) is 2.22. The minimum absolute atomic E-state index is 0.0223. The van der Waals surface area contributed by atoms with Crippen molar-refractivity contribution in [2.75, 3.05) is 5.32 Å². The van der Waals surface area contributed by atoms with Gasteiger partial charge in [-0.15, -0.1) is 0 Å². The second-order valence-electron chi connectivity index (χ2n) is 8.51. The van der Waals surface area contributed by atoms with E-state index >= 15 is 0 Å². The maximum atomic E-state index is 13.7. The first-order valence-corrected chi connectivity index (χ1v) is 11.5. The van der Waals surface area contributed by atoms with Crippen LogP contribution in [0.1, 0.15) is 23.6 Å². The Morgan fingerprint density at radius 2 is 2.00 bits per heavy atom. The summed E-state index contributed by atoms with van der Waals surface area (Å²) in [5, 5.41) is 14.4. The molecule has 2 aromatic carbocycles. The maximum Gasteiger partial charge on any atom is 0.359 e. The number of nitrogens with zero attached hydrogens (tertiary/aromatic N) is 6. The number of anilines is 2. The Morgan fingerprint density at radius 1 is 1.17 bits per heavy atom. The molecule has 0 saturated heterocycles. The molecule has 2 aromatic heterocycles. The van der Waals surface area contributed by atoms with Gasteiger partial charge in [0, 0.05) is 6.20 Å². The molecule has 1 atom stereocenters. The molecule has 36 heavy (non-hydrogen) atoms. The van der Waals surface area contributed by atoms with Crippen molar-refractivity contribution < 1.29 is 0 Å². The lowest BCUT2D eigenvalue weighted by Gasteiger charge is -2.16. The fourth-order valence-electron chi connectivity index (χ4n) is 4.09. The van der Waals surface area contributed by atoms with E-state index in [0.29, 0.717) is 27.5 Å². The van der Waals surface area contributed by atoms with E-state index in [1.165, 1.54) is 10.8 Å². The molecule has 1 aliphatic heterocycles. The topological polar surface area (TPSA) is 118 Å². The fourth-order valence-corrected chi connectivity index (χ4v) is 4.30. The summed E-state index contributed by atoms with van der Waals surface area (Å²) < 4.78 is 2.30. The van der Waals surface area contributed by atoms with E-state index in [1.54, 1.807) is 42.6 Å². The van der Waals surface area contributed by atoms with Crippen LogP contribution in [0.25, 0.3) is 11.8 Å². The lowest BCUT2D eigenvalue weighted by Crippen LogP contribution is -2.42. The lowest BCUT2D eigenvalue weighted by molar-refractivity contribution is 0.657. The van der Waals surface area contributed by atoms with Crippen LogP contribution in [0.2, 0.25) is 5.02 Å². The maximum absolute atomic E-state index is 13.7. The number of hydrogen-bond donors (Lipinski definition) is 1. The van der Waals surface area contributed by atoms with Crippen molar-refractivity contribution in [1.29, 1.82) is 5.26 Å². The van der Waals surface area contributed by atoms with E-state index in [-0.39, 0.29) is 18.5 Å². The molecule has 1 aliphatic rings. The number of nitrogens with one attached hydrogen (secondary N) is 1.